The predicted octanol–water partition coefficient (Wildman–Crippen LogP) is 15.6. The van der Waals surface area contributed by atoms with E-state index < -0.39 is 0 Å². The van der Waals surface area contributed by atoms with Gasteiger partial charge in [0.1, 0.15) is 11.2 Å². The van der Waals surface area contributed by atoms with Gasteiger partial charge in [-0.2, -0.15) is 0 Å². The lowest BCUT2D eigenvalue weighted by atomic mass is 9.82. The Bertz CT molecular complexity index is 3250. The molecule has 0 N–H and O–H groups in total. The lowest BCUT2D eigenvalue weighted by Gasteiger charge is -2.30. The molecule has 2 heteroatoms. The number of hydrogen-bond acceptors (Lipinski definition) is 2. The second-order valence-electron chi connectivity index (χ2n) is 17.3. The molecule has 0 fully saturated rings. The topological polar surface area (TPSA) is 16.4 Å². The van der Waals surface area contributed by atoms with Crippen LogP contribution in [-0.4, -0.2) is 0 Å². The van der Waals surface area contributed by atoms with Gasteiger partial charge >= 0.3 is 0 Å². The summed E-state index contributed by atoms with van der Waals surface area (Å²) in [7, 11) is 0. The monoisotopic (exact) mass is 743 g/mol. The van der Waals surface area contributed by atoms with E-state index >= 15 is 0 Å². The molecule has 276 valence electrons. The van der Waals surface area contributed by atoms with Gasteiger partial charge in [0.05, 0.1) is 11.1 Å². The molecule has 0 saturated carbocycles. The Morgan fingerprint density at radius 2 is 0.897 bits per heavy atom. The number of anilines is 3. The van der Waals surface area contributed by atoms with Crippen LogP contribution in [0.5, 0.6) is 0 Å². The summed E-state index contributed by atoms with van der Waals surface area (Å²) >= 11 is 0. The first-order valence-corrected chi connectivity index (χ1v) is 20.4. The lowest BCUT2D eigenvalue weighted by molar-refractivity contribution is 0.660. The van der Waals surface area contributed by atoms with Crippen molar-refractivity contribution in [1.29, 1.82) is 0 Å². The van der Waals surface area contributed by atoms with E-state index in [0.29, 0.717) is 0 Å². The molecule has 0 unspecified atom stereocenters. The molecule has 0 bridgehead atoms. The maximum atomic E-state index is 6.98. The van der Waals surface area contributed by atoms with Crippen molar-refractivity contribution in [3.63, 3.8) is 0 Å². The molecule has 0 saturated heterocycles. The van der Waals surface area contributed by atoms with Gasteiger partial charge in [-0.3, -0.25) is 0 Å². The average Bonchev–Trinajstić information content (AvgIpc) is 3.83. The summed E-state index contributed by atoms with van der Waals surface area (Å²) in [6.45, 7) is 9.46. The van der Waals surface area contributed by atoms with Crippen molar-refractivity contribution in [2.24, 2.45) is 0 Å². The van der Waals surface area contributed by atoms with Crippen molar-refractivity contribution < 1.29 is 4.42 Å². The van der Waals surface area contributed by atoms with Crippen LogP contribution in [0.3, 0.4) is 0 Å². The van der Waals surface area contributed by atoms with Gasteiger partial charge < -0.3 is 9.32 Å². The standard InChI is InChI=1S/C56H41NO/c1-55(2)47-23-11-9-19-40(47)42-29-27-35(31-49(42)55)57(36-28-30-43-41-20-10-12-24-48(41)56(3,4)50(43)32-36)51-25-14-26-52-53(51)46-33-45(39-18-7-8-21-44(39)54(46)58-52)38-22-13-16-34-15-5-6-17-37(34)38/h5-33H,1-4H3. The molecule has 58 heavy (non-hydrogen) atoms. The Hall–Kier alpha value is -6.90. The largest absolute Gasteiger partial charge is 0.455 e. The lowest BCUT2D eigenvalue weighted by Crippen LogP contribution is -2.18. The zero-order valence-electron chi connectivity index (χ0n) is 33.1. The van der Waals surface area contributed by atoms with Crippen molar-refractivity contribution >= 4 is 60.5 Å². The van der Waals surface area contributed by atoms with E-state index in [1.165, 1.54) is 71.8 Å². The number of furan rings is 1. The molecule has 0 amide bonds. The zero-order valence-corrected chi connectivity index (χ0v) is 33.1. The third kappa shape index (κ3) is 4.49. The highest BCUT2D eigenvalue weighted by Gasteiger charge is 2.38. The molecule has 10 aromatic rings. The third-order valence-corrected chi connectivity index (χ3v) is 13.5. The van der Waals surface area contributed by atoms with Crippen LogP contribution in [0.4, 0.5) is 17.1 Å². The minimum atomic E-state index is -0.143. The quantitative estimate of drug-likeness (QED) is 0.178. The van der Waals surface area contributed by atoms with Crippen LogP contribution in [0, 0.1) is 0 Å². The first-order chi connectivity index (χ1) is 28.3. The molecule has 2 nitrogen and oxygen atoms in total. The van der Waals surface area contributed by atoms with E-state index in [4.69, 9.17) is 4.42 Å². The van der Waals surface area contributed by atoms with Gasteiger partial charge in [0.25, 0.3) is 0 Å². The molecular formula is C56H41NO. The molecule has 0 spiro atoms. The van der Waals surface area contributed by atoms with Gasteiger partial charge in [-0.05, 0) is 114 Å². The number of fused-ring (bicyclic) bond motifs is 12. The van der Waals surface area contributed by atoms with Crippen LogP contribution in [0.1, 0.15) is 49.9 Å². The molecule has 1 aromatic heterocycles. The van der Waals surface area contributed by atoms with E-state index in [-0.39, 0.29) is 10.8 Å². The van der Waals surface area contributed by atoms with Gasteiger partial charge in [0, 0.05) is 33.0 Å². The Morgan fingerprint density at radius 1 is 0.379 bits per heavy atom. The van der Waals surface area contributed by atoms with Gasteiger partial charge in [-0.1, -0.05) is 161 Å². The summed E-state index contributed by atoms with van der Waals surface area (Å²) in [5.74, 6) is 0. The molecule has 2 aliphatic carbocycles. The van der Waals surface area contributed by atoms with Crippen LogP contribution in [0.2, 0.25) is 0 Å². The van der Waals surface area contributed by atoms with Crippen molar-refractivity contribution in [3.05, 3.63) is 198 Å². The molecule has 0 atom stereocenters. The van der Waals surface area contributed by atoms with Crippen LogP contribution >= 0.6 is 0 Å². The minimum absolute atomic E-state index is 0.143. The second kappa shape index (κ2) is 11.8. The summed E-state index contributed by atoms with van der Waals surface area (Å²) in [5.41, 5.74) is 18.0. The highest BCUT2D eigenvalue weighted by molar-refractivity contribution is 6.23. The smallest absolute Gasteiger partial charge is 0.143 e. The van der Waals surface area contributed by atoms with Gasteiger partial charge in [0.15, 0.2) is 0 Å². The maximum Gasteiger partial charge on any atom is 0.143 e. The molecule has 9 aromatic carbocycles. The van der Waals surface area contributed by atoms with Gasteiger partial charge in [0.2, 0.25) is 0 Å². The SMILES string of the molecule is CC1(C)c2ccccc2-c2ccc(N(c3ccc4c(c3)C(C)(C)c3ccccc3-4)c3cccc4oc5c6ccccc6c(-c6cccc7ccccc67)cc5c34)cc21. The van der Waals surface area contributed by atoms with Crippen LogP contribution in [0.15, 0.2) is 180 Å². The summed E-state index contributed by atoms with van der Waals surface area (Å²) in [4.78, 5) is 2.49. The number of benzene rings is 9. The number of nitrogens with zero attached hydrogens (tertiary/aromatic N) is 1. The summed E-state index contributed by atoms with van der Waals surface area (Å²) in [6.07, 6.45) is 0. The highest BCUT2D eigenvalue weighted by atomic mass is 16.3. The fraction of sp³-hybridized carbons (Fsp3) is 0.107. The van der Waals surface area contributed by atoms with Gasteiger partial charge in [-0.15, -0.1) is 0 Å². The zero-order chi connectivity index (χ0) is 38.9. The first-order valence-electron chi connectivity index (χ1n) is 20.4. The number of hydrogen-bond donors (Lipinski definition) is 0. The Labute approximate surface area is 338 Å². The molecule has 0 aliphatic heterocycles. The molecule has 0 radical (unpaired) electrons. The van der Waals surface area contributed by atoms with Crippen LogP contribution in [-0.2, 0) is 10.8 Å². The maximum absolute atomic E-state index is 6.98. The fourth-order valence-electron chi connectivity index (χ4n) is 10.6. The second-order valence-corrected chi connectivity index (χ2v) is 17.3. The summed E-state index contributed by atoms with van der Waals surface area (Å²) < 4.78 is 6.98. The van der Waals surface area contributed by atoms with Crippen LogP contribution < -0.4 is 4.90 Å². The van der Waals surface area contributed by atoms with Crippen LogP contribution in [0.25, 0.3) is 76.9 Å². The first kappa shape index (κ1) is 33.3. The fourth-order valence-corrected chi connectivity index (χ4v) is 10.6. The molecule has 1 heterocycles. The van der Waals surface area contributed by atoms with Crippen molar-refractivity contribution in [2.45, 2.75) is 38.5 Å². The Balaban J connectivity index is 1.15. The number of rotatable bonds is 4. The van der Waals surface area contributed by atoms with E-state index in [0.717, 1.165) is 44.4 Å². The third-order valence-electron chi connectivity index (χ3n) is 13.5. The van der Waals surface area contributed by atoms with Gasteiger partial charge in [-0.25, -0.2) is 0 Å². The summed E-state index contributed by atoms with van der Waals surface area (Å²) in [5, 5.41) is 7.00. The van der Waals surface area contributed by atoms with E-state index in [9.17, 15) is 0 Å². The van der Waals surface area contributed by atoms with E-state index in [1.54, 1.807) is 0 Å². The normalized spacial score (nSPS) is 14.5. The van der Waals surface area contributed by atoms with E-state index in [2.05, 4.69) is 209 Å². The average molecular weight is 744 g/mol. The highest BCUT2D eigenvalue weighted by Crippen LogP contribution is 2.54. The van der Waals surface area contributed by atoms with Crippen molar-refractivity contribution in [3.8, 4) is 33.4 Å². The molecule has 12 rings (SSSR count). The van der Waals surface area contributed by atoms with Crippen molar-refractivity contribution in [2.75, 3.05) is 4.90 Å². The predicted molar refractivity (Wildman–Crippen MR) is 244 cm³/mol. The molecule has 2 aliphatic rings. The Kier molecular flexibility index (Phi) is 6.78. The van der Waals surface area contributed by atoms with Crippen molar-refractivity contribution in [1.82, 2.24) is 0 Å². The Morgan fingerprint density at radius 3 is 1.57 bits per heavy atom. The summed E-state index contributed by atoms with van der Waals surface area (Å²) in [6, 6.07) is 65.1. The minimum Gasteiger partial charge on any atom is -0.455 e. The molecular weight excluding hydrogens is 703 g/mol. The van der Waals surface area contributed by atoms with E-state index in [1.807, 2.05) is 0 Å².